The molecule has 0 radical (unpaired) electrons. The van der Waals surface area contributed by atoms with E-state index in [1.165, 1.54) is 12.2 Å². The maximum Gasteiger partial charge on any atom is 0.471 e. The van der Waals surface area contributed by atoms with E-state index < -0.39 is 47.9 Å². The highest BCUT2D eigenvalue weighted by Crippen LogP contribution is 2.16. The van der Waals surface area contributed by atoms with Gasteiger partial charge in [0.2, 0.25) is 6.54 Å². The van der Waals surface area contributed by atoms with Gasteiger partial charge in [-0.15, -0.1) is 0 Å². The zero-order valence-corrected chi connectivity index (χ0v) is 10.9. The van der Waals surface area contributed by atoms with Gasteiger partial charge in [-0.1, -0.05) is 0 Å². The Hall–Kier alpha value is -2.20. The van der Waals surface area contributed by atoms with Crippen molar-refractivity contribution >= 4 is 18.2 Å². The van der Waals surface area contributed by atoms with Crippen molar-refractivity contribution in [1.29, 1.82) is 0 Å². The number of nitrogens with zero attached hydrogens (tertiary/aromatic N) is 1. The molecule has 0 saturated carbocycles. The summed E-state index contributed by atoms with van der Waals surface area (Å²) in [7, 11) is 0. The fourth-order valence-electron chi connectivity index (χ4n) is 1.40. The third kappa shape index (κ3) is 7.22. The molecule has 11 heteroatoms. The number of carbonyl (C=O) groups is 3. The van der Waals surface area contributed by atoms with Gasteiger partial charge in [-0.25, -0.2) is 0 Å². The molecule has 0 aliphatic heterocycles. The molecule has 1 N–H and O–H groups in total. The minimum Gasteiger partial charge on any atom is -0.466 e. The van der Waals surface area contributed by atoms with E-state index in [1.807, 2.05) is 0 Å². The maximum absolute atomic E-state index is 12.1. The van der Waals surface area contributed by atoms with E-state index in [0.29, 0.717) is 0 Å². The number of halogens is 3. The second-order valence-electron chi connectivity index (χ2n) is 3.90. The first kappa shape index (κ1) is 18.8. The summed E-state index contributed by atoms with van der Waals surface area (Å²) in [6.45, 7) is 0.303. The number of nitrogens with one attached hydrogen (secondary N) is 1. The predicted octanol–water partition coefficient (Wildman–Crippen LogP) is 0.0785. The summed E-state index contributed by atoms with van der Waals surface area (Å²) >= 11 is 0. The predicted molar refractivity (Wildman–Crippen MR) is 60.7 cm³/mol. The fourth-order valence-corrected chi connectivity index (χ4v) is 1.40. The minimum atomic E-state index is -5.26. The molecule has 1 amide bonds. The molecular formula is C10H13F3N2O6. The highest BCUT2D eigenvalue weighted by Gasteiger charge is 2.42. The summed E-state index contributed by atoms with van der Waals surface area (Å²) in [5.74, 6) is -4.84. The molecule has 0 bridgehead atoms. The van der Waals surface area contributed by atoms with E-state index in [-0.39, 0.29) is 12.9 Å². The number of rotatable bonds is 8. The number of ether oxygens (including phenoxy) is 1. The second kappa shape index (κ2) is 8.17. The maximum atomic E-state index is 12.1. The average molecular weight is 314 g/mol. The number of amides is 1. The van der Waals surface area contributed by atoms with E-state index in [0.717, 1.165) is 0 Å². The Labute approximate surface area is 116 Å². The summed E-state index contributed by atoms with van der Waals surface area (Å²) in [5.41, 5.74) is 0. The zero-order valence-electron chi connectivity index (χ0n) is 10.9. The van der Waals surface area contributed by atoms with Gasteiger partial charge in [-0.05, 0) is 6.92 Å². The number of aldehydes is 1. The van der Waals surface area contributed by atoms with Crippen molar-refractivity contribution in [2.24, 2.45) is 5.92 Å². The second-order valence-corrected chi connectivity index (χ2v) is 3.90. The number of esters is 1. The Kier molecular flexibility index (Phi) is 7.31. The molecule has 0 aromatic carbocycles. The van der Waals surface area contributed by atoms with Crippen LogP contribution < -0.4 is 5.32 Å². The van der Waals surface area contributed by atoms with Gasteiger partial charge >= 0.3 is 18.1 Å². The lowest BCUT2D eigenvalue weighted by Crippen LogP contribution is -2.50. The van der Waals surface area contributed by atoms with Crippen LogP contribution in [0.5, 0.6) is 0 Å². The molecular weight excluding hydrogens is 301 g/mol. The van der Waals surface area contributed by atoms with Gasteiger partial charge in [0.05, 0.1) is 18.9 Å². The lowest BCUT2D eigenvalue weighted by Gasteiger charge is -2.20. The van der Waals surface area contributed by atoms with E-state index in [2.05, 4.69) is 4.74 Å². The van der Waals surface area contributed by atoms with Crippen LogP contribution in [0.3, 0.4) is 0 Å². The van der Waals surface area contributed by atoms with Crippen LogP contribution in [0.15, 0.2) is 0 Å². The quantitative estimate of drug-likeness (QED) is 0.293. The van der Waals surface area contributed by atoms with Gasteiger partial charge in [0.1, 0.15) is 12.3 Å². The van der Waals surface area contributed by atoms with Gasteiger partial charge in [0.25, 0.3) is 0 Å². The van der Waals surface area contributed by atoms with E-state index in [1.54, 1.807) is 0 Å². The van der Waals surface area contributed by atoms with Crippen molar-refractivity contribution in [3.05, 3.63) is 10.1 Å². The molecule has 0 aromatic heterocycles. The SMILES string of the molecule is CCOC(=O)C[C@H](C=O)[C@@H](C[N+](=O)[O-])NC(=O)C(F)(F)F. The molecule has 0 saturated heterocycles. The van der Waals surface area contributed by atoms with Gasteiger partial charge in [-0.3, -0.25) is 19.7 Å². The molecule has 0 rings (SSSR count). The van der Waals surface area contributed by atoms with Crippen LogP contribution in [-0.2, 0) is 19.1 Å². The molecule has 120 valence electrons. The van der Waals surface area contributed by atoms with Crippen LogP contribution in [0.25, 0.3) is 0 Å². The molecule has 2 atom stereocenters. The van der Waals surface area contributed by atoms with Crippen LogP contribution in [0, 0.1) is 16.0 Å². The van der Waals surface area contributed by atoms with Crippen LogP contribution in [0.4, 0.5) is 13.2 Å². The lowest BCUT2D eigenvalue weighted by atomic mass is 9.97. The van der Waals surface area contributed by atoms with E-state index in [9.17, 15) is 37.7 Å². The molecule has 21 heavy (non-hydrogen) atoms. The van der Waals surface area contributed by atoms with Crippen LogP contribution in [-0.4, -0.2) is 48.5 Å². The summed E-state index contributed by atoms with van der Waals surface area (Å²) < 4.78 is 40.9. The van der Waals surface area contributed by atoms with Crippen molar-refractivity contribution in [2.75, 3.05) is 13.2 Å². The number of carbonyl (C=O) groups excluding carboxylic acids is 3. The summed E-state index contributed by atoms with van der Waals surface area (Å²) in [6, 6.07) is -1.77. The number of hydrogen-bond acceptors (Lipinski definition) is 6. The van der Waals surface area contributed by atoms with Crippen molar-refractivity contribution in [3.8, 4) is 0 Å². The van der Waals surface area contributed by atoms with Crippen molar-refractivity contribution < 1.29 is 37.2 Å². The molecule has 0 spiro atoms. The van der Waals surface area contributed by atoms with Crippen LogP contribution in [0.2, 0.25) is 0 Å². The molecule has 0 unspecified atom stereocenters. The molecule has 0 fully saturated rings. The summed E-state index contributed by atoms with van der Waals surface area (Å²) in [4.78, 5) is 42.2. The monoisotopic (exact) mass is 314 g/mol. The molecule has 0 aromatic rings. The van der Waals surface area contributed by atoms with Crippen molar-refractivity contribution in [2.45, 2.75) is 25.6 Å². The molecule has 0 heterocycles. The molecule has 8 nitrogen and oxygen atoms in total. The van der Waals surface area contributed by atoms with Crippen LogP contribution >= 0.6 is 0 Å². The first-order valence-corrected chi connectivity index (χ1v) is 5.72. The van der Waals surface area contributed by atoms with Gasteiger partial charge in [-0.2, -0.15) is 13.2 Å². The largest absolute Gasteiger partial charge is 0.471 e. The highest BCUT2D eigenvalue weighted by molar-refractivity contribution is 5.82. The van der Waals surface area contributed by atoms with Gasteiger partial charge < -0.3 is 14.8 Å². The Bertz CT molecular complexity index is 412. The third-order valence-electron chi connectivity index (χ3n) is 2.32. The smallest absolute Gasteiger partial charge is 0.466 e. The first-order valence-electron chi connectivity index (χ1n) is 5.72. The topological polar surface area (TPSA) is 116 Å². The molecule has 0 aliphatic rings. The van der Waals surface area contributed by atoms with Gasteiger partial charge in [0, 0.05) is 4.92 Å². The Morgan fingerprint density at radius 1 is 1.43 bits per heavy atom. The lowest BCUT2D eigenvalue weighted by molar-refractivity contribution is -0.484. The zero-order chi connectivity index (χ0) is 16.6. The summed E-state index contributed by atoms with van der Waals surface area (Å²) in [6.07, 6.45) is -5.86. The Balaban J connectivity index is 5.00. The Morgan fingerprint density at radius 3 is 2.38 bits per heavy atom. The normalized spacial score (nSPS) is 13.9. The highest BCUT2D eigenvalue weighted by atomic mass is 19.4. The standard InChI is InChI=1S/C10H13F3N2O6/c1-2-21-8(17)3-6(5-16)7(4-15(19)20)14-9(18)10(11,12)13/h5-7H,2-4H2,1H3,(H,14,18)/t6-,7-/m1/s1. The average Bonchev–Trinajstić information content (AvgIpc) is 2.33. The van der Waals surface area contributed by atoms with Crippen LogP contribution in [0.1, 0.15) is 13.3 Å². The minimum absolute atomic E-state index is 0.0285. The Morgan fingerprint density at radius 2 is 2.00 bits per heavy atom. The number of hydrogen-bond donors (Lipinski definition) is 1. The molecule has 0 aliphatic carbocycles. The first-order chi connectivity index (χ1) is 9.61. The van der Waals surface area contributed by atoms with Crippen molar-refractivity contribution in [3.63, 3.8) is 0 Å². The number of alkyl halides is 3. The van der Waals surface area contributed by atoms with Crippen molar-refractivity contribution in [1.82, 2.24) is 5.32 Å². The van der Waals surface area contributed by atoms with Gasteiger partial charge in [0.15, 0.2) is 0 Å². The van der Waals surface area contributed by atoms with E-state index in [4.69, 9.17) is 0 Å². The fraction of sp³-hybridized carbons (Fsp3) is 0.700. The summed E-state index contributed by atoms with van der Waals surface area (Å²) in [5, 5.41) is 11.8. The third-order valence-corrected chi connectivity index (χ3v) is 2.32. The number of nitro groups is 1. The van der Waals surface area contributed by atoms with E-state index >= 15 is 0 Å².